The highest BCUT2D eigenvalue weighted by Gasteiger charge is 2.17. The van der Waals surface area contributed by atoms with Crippen LogP contribution in [0.4, 0.5) is 0 Å². The summed E-state index contributed by atoms with van der Waals surface area (Å²) in [5.74, 6) is 2.46. The first-order valence-electron chi connectivity index (χ1n) is 6.60. The fraction of sp³-hybridized carbons (Fsp3) is 0.667. The van der Waals surface area contributed by atoms with Gasteiger partial charge in [0.05, 0.1) is 0 Å². The van der Waals surface area contributed by atoms with E-state index in [4.69, 9.17) is 4.52 Å². The molecular formula is C12H17N5O. The molecule has 0 amide bonds. The molecule has 2 aromatic rings. The Morgan fingerprint density at radius 2 is 2.06 bits per heavy atom. The molecule has 0 bridgehead atoms. The van der Waals surface area contributed by atoms with Gasteiger partial charge in [-0.25, -0.2) is 4.98 Å². The van der Waals surface area contributed by atoms with Crippen LogP contribution < -0.4 is 0 Å². The average Bonchev–Trinajstić information content (AvgIpc) is 2.98. The van der Waals surface area contributed by atoms with Crippen LogP contribution in [0.3, 0.4) is 0 Å². The molecule has 1 saturated carbocycles. The lowest BCUT2D eigenvalue weighted by molar-refractivity contribution is 0.339. The van der Waals surface area contributed by atoms with Gasteiger partial charge in [0.25, 0.3) is 0 Å². The highest BCUT2D eigenvalue weighted by Crippen LogP contribution is 2.25. The van der Waals surface area contributed by atoms with Crippen LogP contribution in [0.2, 0.25) is 0 Å². The summed E-state index contributed by atoms with van der Waals surface area (Å²) in [5, 5.41) is 10.4. The first-order valence-corrected chi connectivity index (χ1v) is 6.60. The van der Waals surface area contributed by atoms with Gasteiger partial charge in [0.1, 0.15) is 6.33 Å². The van der Waals surface area contributed by atoms with Crippen molar-refractivity contribution in [2.45, 2.75) is 44.9 Å². The number of nitrogens with zero attached hydrogens (tertiary/aromatic N) is 4. The number of hydrogen-bond donors (Lipinski definition) is 1. The lowest BCUT2D eigenvalue weighted by Gasteiger charge is -2.09. The predicted octanol–water partition coefficient (Wildman–Crippen LogP) is 2.37. The van der Waals surface area contributed by atoms with Crippen molar-refractivity contribution in [3.05, 3.63) is 12.2 Å². The van der Waals surface area contributed by atoms with Gasteiger partial charge in [-0.2, -0.15) is 10.1 Å². The summed E-state index contributed by atoms with van der Waals surface area (Å²) in [6.07, 6.45) is 10.3. The lowest BCUT2D eigenvalue weighted by Crippen LogP contribution is -2.03. The Hall–Kier alpha value is -1.72. The van der Waals surface area contributed by atoms with Crippen molar-refractivity contribution in [3.8, 4) is 11.6 Å². The summed E-state index contributed by atoms with van der Waals surface area (Å²) in [7, 11) is 0. The van der Waals surface area contributed by atoms with Crippen LogP contribution in [0.1, 0.15) is 44.4 Å². The number of aromatic nitrogens is 5. The van der Waals surface area contributed by atoms with Gasteiger partial charge in [0.15, 0.2) is 5.82 Å². The van der Waals surface area contributed by atoms with Crippen LogP contribution in [0.15, 0.2) is 10.9 Å². The van der Waals surface area contributed by atoms with E-state index < -0.39 is 0 Å². The maximum atomic E-state index is 5.28. The summed E-state index contributed by atoms with van der Waals surface area (Å²) < 4.78 is 5.28. The molecule has 0 unspecified atom stereocenters. The maximum absolute atomic E-state index is 5.28. The standard InChI is InChI=1S/C12H17N5O/c1-2-4-6-9(5-3-1)7-10-15-12(17-18-10)11-13-8-14-16-11/h8-9H,1-7H2,(H,13,14,16). The molecule has 0 aromatic carbocycles. The van der Waals surface area contributed by atoms with E-state index in [1.54, 1.807) is 0 Å². The Morgan fingerprint density at radius 3 is 2.78 bits per heavy atom. The molecule has 2 aromatic heterocycles. The van der Waals surface area contributed by atoms with Gasteiger partial charge in [-0.1, -0.05) is 30.8 Å². The van der Waals surface area contributed by atoms with Gasteiger partial charge in [0.2, 0.25) is 11.7 Å². The second-order valence-electron chi connectivity index (χ2n) is 4.91. The molecule has 0 atom stereocenters. The van der Waals surface area contributed by atoms with Gasteiger partial charge >= 0.3 is 0 Å². The molecule has 3 rings (SSSR count). The van der Waals surface area contributed by atoms with Crippen LogP contribution in [-0.4, -0.2) is 25.3 Å². The van der Waals surface area contributed by atoms with Crippen LogP contribution in [0, 0.1) is 5.92 Å². The van der Waals surface area contributed by atoms with E-state index in [1.165, 1.54) is 44.9 Å². The lowest BCUT2D eigenvalue weighted by atomic mass is 9.97. The Labute approximate surface area is 105 Å². The maximum Gasteiger partial charge on any atom is 0.239 e. The quantitative estimate of drug-likeness (QED) is 0.842. The van der Waals surface area contributed by atoms with Crippen molar-refractivity contribution >= 4 is 0 Å². The Kier molecular flexibility index (Phi) is 3.34. The van der Waals surface area contributed by atoms with Crippen LogP contribution in [-0.2, 0) is 6.42 Å². The van der Waals surface area contributed by atoms with E-state index in [0.29, 0.717) is 23.5 Å². The molecule has 2 heterocycles. The minimum Gasteiger partial charge on any atom is -0.339 e. The van der Waals surface area contributed by atoms with E-state index in [0.717, 1.165) is 6.42 Å². The summed E-state index contributed by atoms with van der Waals surface area (Å²) in [4.78, 5) is 8.38. The zero-order valence-electron chi connectivity index (χ0n) is 10.3. The molecule has 1 N–H and O–H groups in total. The van der Waals surface area contributed by atoms with Crippen molar-refractivity contribution in [1.82, 2.24) is 25.3 Å². The van der Waals surface area contributed by atoms with Gasteiger partial charge < -0.3 is 4.52 Å². The van der Waals surface area contributed by atoms with Crippen LogP contribution in [0.5, 0.6) is 0 Å². The smallest absolute Gasteiger partial charge is 0.239 e. The Balaban J connectivity index is 1.66. The number of H-pyrrole nitrogens is 1. The van der Waals surface area contributed by atoms with Gasteiger partial charge in [0, 0.05) is 6.42 Å². The molecule has 1 aliphatic rings. The molecule has 6 heteroatoms. The van der Waals surface area contributed by atoms with Gasteiger partial charge in [-0.3, -0.25) is 5.10 Å². The fourth-order valence-electron chi connectivity index (χ4n) is 2.56. The van der Waals surface area contributed by atoms with Crippen molar-refractivity contribution in [1.29, 1.82) is 0 Å². The van der Waals surface area contributed by atoms with Gasteiger partial charge in [-0.05, 0) is 18.8 Å². The first-order chi connectivity index (χ1) is 8.92. The normalized spacial score (nSPS) is 17.8. The topological polar surface area (TPSA) is 80.5 Å². The molecule has 6 nitrogen and oxygen atoms in total. The molecule has 1 aliphatic carbocycles. The average molecular weight is 247 g/mol. The molecular weight excluding hydrogens is 230 g/mol. The Bertz CT molecular complexity index is 470. The van der Waals surface area contributed by atoms with Crippen molar-refractivity contribution in [2.75, 3.05) is 0 Å². The van der Waals surface area contributed by atoms with E-state index in [-0.39, 0.29) is 0 Å². The third-order valence-electron chi connectivity index (χ3n) is 3.53. The number of nitrogens with one attached hydrogen (secondary N) is 1. The second-order valence-corrected chi connectivity index (χ2v) is 4.91. The molecule has 0 aliphatic heterocycles. The van der Waals surface area contributed by atoms with Crippen molar-refractivity contribution in [2.24, 2.45) is 5.92 Å². The summed E-state index contributed by atoms with van der Waals surface area (Å²) in [6, 6.07) is 0. The molecule has 18 heavy (non-hydrogen) atoms. The number of aromatic amines is 1. The molecule has 0 radical (unpaired) electrons. The summed E-state index contributed by atoms with van der Waals surface area (Å²) in [5.41, 5.74) is 0. The third kappa shape index (κ3) is 2.57. The van der Waals surface area contributed by atoms with Crippen LogP contribution in [0.25, 0.3) is 11.6 Å². The van der Waals surface area contributed by atoms with E-state index in [9.17, 15) is 0 Å². The zero-order chi connectivity index (χ0) is 12.2. The Morgan fingerprint density at radius 1 is 1.22 bits per heavy atom. The summed E-state index contributed by atoms with van der Waals surface area (Å²) >= 11 is 0. The monoisotopic (exact) mass is 247 g/mol. The zero-order valence-corrected chi connectivity index (χ0v) is 10.3. The van der Waals surface area contributed by atoms with E-state index in [1.807, 2.05) is 0 Å². The minimum atomic E-state index is 0.496. The van der Waals surface area contributed by atoms with Crippen LogP contribution >= 0.6 is 0 Å². The molecule has 1 fully saturated rings. The molecule has 96 valence electrons. The first kappa shape index (κ1) is 11.4. The SMILES string of the molecule is c1n[nH]c(-c2noc(CC3CCCCCC3)n2)n1. The fourth-order valence-corrected chi connectivity index (χ4v) is 2.56. The van der Waals surface area contributed by atoms with E-state index in [2.05, 4.69) is 25.3 Å². The predicted molar refractivity (Wildman–Crippen MR) is 64.6 cm³/mol. The molecule has 0 spiro atoms. The highest BCUT2D eigenvalue weighted by atomic mass is 16.5. The second kappa shape index (κ2) is 5.29. The highest BCUT2D eigenvalue weighted by molar-refractivity contribution is 5.39. The summed E-state index contributed by atoms with van der Waals surface area (Å²) in [6.45, 7) is 0. The third-order valence-corrected chi connectivity index (χ3v) is 3.53. The van der Waals surface area contributed by atoms with Crippen molar-refractivity contribution in [3.63, 3.8) is 0 Å². The number of hydrogen-bond acceptors (Lipinski definition) is 5. The van der Waals surface area contributed by atoms with Gasteiger partial charge in [-0.15, -0.1) is 0 Å². The molecule has 0 saturated heterocycles. The number of rotatable bonds is 3. The minimum absolute atomic E-state index is 0.496. The largest absolute Gasteiger partial charge is 0.339 e. The van der Waals surface area contributed by atoms with E-state index >= 15 is 0 Å². The van der Waals surface area contributed by atoms with Crippen molar-refractivity contribution < 1.29 is 4.52 Å².